The minimum atomic E-state index is -0.826. The van der Waals surface area contributed by atoms with Crippen LogP contribution in [0.25, 0.3) is 0 Å². The van der Waals surface area contributed by atoms with Gasteiger partial charge < -0.3 is 19.1 Å². The molecule has 1 saturated heterocycles. The van der Waals surface area contributed by atoms with Crippen LogP contribution >= 0.6 is 23.2 Å². The highest BCUT2D eigenvalue weighted by Crippen LogP contribution is 2.67. The van der Waals surface area contributed by atoms with Crippen LogP contribution in [0.5, 0.6) is 11.5 Å². The Kier molecular flexibility index (Phi) is 6.99. The zero-order valence-electron chi connectivity index (χ0n) is 24.7. The predicted octanol–water partition coefficient (Wildman–Crippen LogP) is 5.12. The van der Waals surface area contributed by atoms with Gasteiger partial charge >= 0.3 is 11.9 Å². The van der Waals surface area contributed by atoms with Crippen LogP contribution in [0.2, 0.25) is 10.0 Å². The van der Waals surface area contributed by atoms with E-state index in [1.807, 2.05) is 25.2 Å². The Morgan fingerprint density at radius 2 is 1.84 bits per heavy atom. The third kappa shape index (κ3) is 4.46. The monoisotopic (exact) mass is 626 g/mol. The lowest BCUT2D eigenvalue weighted by Crippen LogP contribution is -2.79. The number of likely N-dealkylation sites (tertiary alicyclic amines) is 1. The summed E-state index contributed by atoms with van der Waals surface area (Å²) in [5.74, 6) is 0.778. The van der Waals surface area contributed by atoms with Crippen LogP contribution in [0.1, 0.15) is 62.6 Å². The molecule has 2 saturated carbocycles. The maximum absolute atomic E-state index is 13.8. The summed E-state index contributed by atoms with van der Waals surface area (Å²) in [6.07, 6.45) is 4.78. The normalized spacial score (nSPS) is 30.2. The van der Waals surface area contributed by atoms with E-state index < -0.39 is 23.1 Å². The average Bonchev–Trinajstić information content (AvgIpc) is 3.69. The third-order valence-electron chi connectivity index (χ3n) is 10.5. The molecule has 3 aliphatic carbocycles. The van der Waals surface area contributed by atoms with Crippen LogP contribution in [0, 0.1) is 5.92 Å². The summed E-state index contributed by atoms with van der Waals surface area (Å²) in [6, 6.07) is 8.79. The van der Waals surface area contributed by atoms with Gasteiger partial charge in [0.25, 0.3) is 0 Å². The topological polar surface area (TPSA) is 85.4 Å². The SMILES string of the molecule is CC(=O)Oc1ccc2c3c1O[C@H]1[C@H](N(C)C(=O)Cc4ccc(Cl)c(Cl)c4)CC[C@@]4(OC(C)=O)[C@@H](C2)N(CC2CC2)CC[C@]314. The molecule has 0 N–H and O–H groups in total. The minimum Gasteiger partial charge on any atom is -0.483 e. The molecule has 2 bridgehead atoms. The molecule has 1 spiro atoms. The number of carbonyl (C=O) groups is 3. The molecule has 43 heavy (non-hydrogen) atoms. The van der Waals surface area contributed by atoms with Crippen molar-refractivity contribution in [3.05, 3.63) is 57.1 Å². The van der Waals surface area contributed by atoms with Gasteiger partial charge in [0, 0.05) is 33.0 Å². The van der Waals surface area contributed by atoms with E-state index in [-0.39, 0.29) is 30.4 Å². The van der Waals surface area contributed by atoms with Crippen molar-refractivity contribution in [3.63, 3.8) is 0 Å². The molecule has 228 valence electrons. The van der Waals surface area contributed by atoms with Gasteiger partial charge in [0.1, 0.15) is 11.7 Å². The van der Waals surface area contributed by atoms with Gasteiger partial charge in [-0.1, -0.05) is 35.3 Å². The van der Waals surface area contributed by atoms with Crippen LogP contribution in [0.15, 0.2) is 30.3 Å². The molecule has 2 aromatic rings. The fourth-order valence-corrected chi connectivity index (χ4v) is 8.97. The summed E-state index contributed by atoms with van der Waals surface area (Å²) in [7, 11) is 1.82. The zero-order chi connectivity index (χ0) is 30.3. The van der Waals surface area contributed by atoms with Crippen molar-refractivity contribution in [2.24, 2.45) is 5.92 Å². The molecule has 2 aliphatic heterocycles. The molecule has 0 radical (unpaired) electrons. The predicted molar refractivity (Wildman–Crippen MR) is 161 cm³/mol. The van der Waals surface area contributed by atoms with Crippen LogP contribution in [0.4, 0.5) is 0 Å². The maximum Gasteiger partial charge on any atom is 0.308 e. The fourth-order valence-electron chi connectivity index (χ4n) is 8.65. The molecular weight excluding hydrogens is 591 g/mol. The first kappa shape index (κ1) is 28.9. The zero-order valence-corrected chi connectivity index (χ0v) is 26.2. The van der Waals surface area contributed by atoms with Gasteiger partial charge in [-0.3, -0.25) is 19.3 Å². The highest BCUT2D eigenvalue weighted by molar-refractivity contribution is 6.42. The number of carbonyl (C=O) groups excluding carboxylic acids is 3. The van der Waals surface area contributed by atoms with Crippen molar-refractivity contribution < 1.29 is 28.6 Å². The number of hydrogen-bond donors (Lipinski definition) is 0. The second kappa shape index (κ2) is 10.4. The lowest BCUT2D eigenvalue weighted by atomic mass is 9.48. The van der Waals surface area contributed by atoms with Gasteiger partial charge in [-0.2, -0.15) is 0 Å². The van der Waals surface area contributed by atoms with Gasteiger partial charge in [0.05, 0.1) is 34.0 Å². The molecule has 0 aromatic heterocycles. The number of amides is 1. The largest absolute Gasteiger partial charge is 0.483 e. The molecular formula is C33H36Cl2N2O6. The van der Waals surface area contributed by atoms with E-state index in [4.69, 9.17) is 37.4 Å². The molecule has 7 rings (SSSR count). The third-order valence-corrected chi connectivity index (χ3v) is 11.2. The molecule has 5 aliphatic rings. The summed E-state index contributed by atoms with van der Waals surface area (Å²) < 4.78 is 19.1. The summed E-state index contributed by atoms with van der Waals surface area (Å²) in [6.45, 7) is 4.70. The average molecular weight is 628 g/mol. The first-order valence-electron chi connectivity index (χ1n) is 15.2. The van der Waals surface area contributed by atoms with E-state index in [1.54, 1.807) is 17.0 Å². The van der Waals surface area contributed by atoms with Crippen molar-refractivity contribution in [3.8, 4) is 11.5 Å². The Morgan fingerprint density at radius 1 is 1.05 bits per heavy atom. The molecule has 1 amide bonds. The first-order chi connectivity index (χ1) is 20.5. The molecule has 5 atom stereocenters. The highest BCUT2D eigenvalue weighted by Gasteiger charge is 2.75. The molecule has 8 nitrogen and oxygen atoms in total. The number of likely N-dealkylation sites (N-methyl/N-ethyl adjacent to an activating group) is 1. The Bertz CT molecular complexity index is 1530. The lowest BCUT2D eigenvalue weighted by Gasteiger charge is -2.65. The van der Waals surface area contributed by atoms with Crippen molar-refractivity contribution in [2.75, 3.05) is 20.1 Å². The standard InChI is InChI=1S/C33H36Cl2N2O6/c1-18(38)41-26-9-7-22-16-27-33(43-19(2)39)11-10-25(36(3)28(40)15-21-6-8-23(34)24(35)14-21)31-32(33,29(22)30(26)42-31)12-13-37(27)17-20-4-5-20/h6-9,14,20,25,27,31H,4-5,10-13,15-17H2,1-3H3/t25-,27-,31+,32+,33-/m1/s1. The van der Waals surface area contributed by atoms with Crippen molar-refractivity contribution in [2.45, 2.75) is 88.0 Å². The van der Waals surface area contributed by atoms with E-state index in [1.165, 1.54) is 26.7 Å². The summed E-state index contributed by atoms with van der Waals surface area (Å²) in [4.78, 5) is 43.2. The first-order valence-corrected chi connectivity index (χ1v) is 15.9. The second-order valence-electron chi connectivity index (χ2n) is 13.0. The Labute approximate surface area is 261 Å². The summed E-state index contributed by atoms with van der Waals surface area (Å²) in [5, 5.41) is 0.847. The Balaban J connectivity index is 1.32. The van der Waals surface area contributed by atoms with E-state index in [2.05, 4.69) is 4.90 Å². The van der Waals surface area contributed by atoms with Crippen molar-refractivity contribution in [1.82, 2.24) is 9.80 Å². The Hall–Kier alpha value is -2.81. The van der Waals surface area contributed by atoms with Gasteiger partial charge in [0.2, 0.25) is 5.91 Å². The van der Waals surface area contributed by atoms with E-state index in [0.29, 0.717) is 46.7 Å². The number of halogens is 2. The van der Waals surface area contributed by atoms with E-state index >= 15 is 0 Å². The second-order valence-corrected chi connectivity index (χ2v) is 13.8. The minimum absolute atomic E-state index is 0.00644. The molecule has 3 fully saturated rings. The van der Waals surface area contributed by atoms with Crippen molar-refractivity contribution >= 4 is 41.0 Å². The fraction of sp³-hybridized carbons (Fsp3) is 0.545. The summed E-state index contributed by atoms with van der Waals surface area (Å²) in [5.41, 5.74) is 1.37. The van der Waals surface area contributed by atoms with Gasteiger partial charge in [-0.05, 0) is 80.3 Å². The van der Waals surface area contributed by atoms with Crippen LogP contribution in [-0.2, 0) is 37.4 Å². The molecule has 0 unspecified atom stereocenters. The van der Waals surface area contributed by atoms with Crippen molar-refractivity contribution in [1.29, 1.82) is 0 Å². The van der Waals surface area contributed by atoms with Crippen LogP contribution < -0.4 is 9.47 Å². The van der Waals surface area contributed by atoms with E-state index in [9.17, 15) is 14.4 Å². The summed E-state index contributed by atoms with van der Waals surface area (Å²) >= 11 is 12.3. The molecule has 2 heterocycles. The molecule has 2 aromatic carbocycles. The quantitative estimate of drug-likeness (QED) is 0.311. The number of piperidine rings is 1. The number of ether oxygens (including phenoxy) is 3. The van der Waals surface area contributed by atoms with Crippen LogP contribution in [-0.4, -0.2) is 71.6 Å². The van der Waals surface area contributed by atoms with Gasteiger partial charge in [-0.15, -0.1) is 0 Å². The maximum atomic E-state index is 13.8. The van der Waals surface area contributed by atoms with Gasteiger partial charge in [0.15, 0.2) is 11.5 Å². The van der Waals surface area contributed by atoms with Gasteiger partial charge in [-0.25, -0.2) is 0 Å². The lowest BCUT2D eigenvalue weighted by molar-refractivity contribution is -0.223. The highest BCUT2D eigenvalue weighted by atomic mass is 35.5. The number of benzene rings is 2. The van der Waals surface area contributed by atoms with Crippen LogP contribution in [0.3, 0.4) is 0 Å². The number of hydrogen-bond acceptors (Lipinski definition) is 7. The number of nitrogens with zero attached hydrogens (tertiary/aromatic N) is 2. The molecule has 10 heteroatoms. The number of rotatable bonds is 7. The van der Waals surface area contributed by atoms with E-state index in [0.717, 1.165) is 36.2 Å². The Morgan fingerprint density at radius 3 is 2.53 bits per heavy atom. The number of esters is 2. The smallest absolute Gasteiger partial charge is 0.308 e.